The number of carbonyl (C=O) groups excluding carboxylic acids is 2. The van der Waals surface area contributed by atoms with Crippen LogP contribution in [-0.2, 0) is 9.59 Å². The number of hydroxylamine groups is 1. The number of amides is 2. The van der Waals surface area contributed by atoms with Crippen LogP contribution in [0.3, 0.4) is 0 Å². The third kappa shape index (κ3) is 6.14. The largest absolute Gasteiger partial charge is 0.379 e. The molecule has 2 aromatic rings. The molecule has 0 radical (unpaired) electrons. The Morgan fingerprint density at radius 2 is 1.74 bits per heavy atom. The summed E-state index contributed by atoms with van der Waals surface area (Å²) in [6.45, 7) is 12.6. The van der Waals surface area contributed by atoms with Crippen LogP contribution >= 0.6 is 0 Å². The highest BCUT2D eigenvalue weighted by molar-refractivity contribution is 5.90. The fourth-order valence-electron chi connectivity index (χ4n) is 4.30. The predicted octanol–water partition coefficient (Wildman–Crippen LogP) is 4.55. The Balaban J connectivity index is 1.67. The number of halogens is 1. The molecule has 1 aliphatic heterocycles. The molecule has 1 fully saturated rings. The van der Waals surface area contributed by atoms with Crippen molar-refractivity contribution in [3.05, 3.63) is 54.3 Å². The van der Waals surface area contributed by atoms with Crippen molar-refractivity contribution in [1.82, 2.24) is 15.7 Å². The third-order valence-electron chi connectivity index (χ3n) is 6.02. The van der Waals surface area contributed by atoms with E-state index in [1.54, 1.807) is 47.4 Å². The molecule has 34 heavy (non-hydrogen) atoms. The molecule has 1 aliphatic rings. The van der Waals surface area contributed by atoms with Crippen LogP contribution in [0.1, 0.15) is 48.0 Å². The summed E-state index contributed by atoms with van der Waals surface area (Å²) in [6, 6.07) is 12.5. The molecular weight excluding hydrogens is 433 g/mol. The molecule has 0 aliphatic carbocycles. The van der Waals surface area contributed by atoms with Crippen LogP contribution in [-0.4, -0.2) is 41.4 Å². The Labute approximate surface area is 201 Å². The number of rotatable bonds is 7. The van der Waals surface area contributed by atoms with Gasteiger partial charge < -0.3 is 15.1 Å². The van der Waals surface area contributed by atoms with Crippen molar-refractivity contribution in [2.24, 2.45) is 11.3 Å². The van der Waals surface area contributed by atoms with Gasteiger partial charge in [0.15, 0.2) is 5.75 Å². The van der Waals surface area contributed by atoms with Gasteiger partial charge in [-0.3, -0.25) is 9.59 Å². The van der Waals surface area contributed by atoms with Gasteiger partial charge in [0.1, 0.15) is 11.9 Å². The van der Waals surface area contributed by atoms with Crippen molar-refractivity contribution in [3.8, 4) is 16.9 Å². The molecule has 0 saturated carbocycles. The minimum atomic E-state index is -0.598. The molecule has 2 aromatic carbocycles. The zero-order chi connectivity index (χ0) is 25.0. The molecule has 0 unspecified atom stereocenters. The van der Waals surface area contributed by atoms with Crippen LogP contribution < -0.4 is 15.6 Å². The van der Waals surface area contributed by atoms with Gasteiger partial charge in [0.25, 0.3) is 5.91 Å². The fraction of sp³-hybridized carbons (Fsp3) is 0.481. The lowest BCUT2D eigenvalue weighted by atomic mass is 9.85. The molecule has 1 saturated heterocycles. The maximum absolute atomic E-state index is 14.0. The lowest BCUT2D eigenvalue weighted by molar-refractivity contribution is -0.144. The second-order valence-corrected chi connectivity index (χ2v) is 10.5. The number of benzene rings is 2. The van der Waals surface area contributed by atoms with Crippen molar-refractivity contribution in [3.63, 3.8) is 0 Å². The summed E-state index contributed by atoms with van der Waals surface area (Å²) >= 11 is 0. The zero-order valence-electron chi connectivity index (χ0n) is 20.9. The van der Waals surface area contributed by atoms with Gasteiger partial charge >= 0.3 is 0 Å². The average molecular weight is 470 g/mol. The second kappa shape index (κ2) is 10.6. The number of nitrogens with one attached hydrogen (secondary N) is 2. The smallest absolute Gasteiger partial charge is 0.275 e. The van der Waals surface area contributed by atoms with E-state index in [4.69, 9.17) is 4.84 Å². The highest BCUT2D eigenvalue weighted by Gasteiger charge is 2.43. The van der Waals surface area contributed by atoms with Crippen LogP contribution in [0, 0.1) is 17.2 Å². The molecule has 0 aromatic heterocycles. The maximum atomic E-state index is 14.0. The fourth-order valence-corrected chi connectivity index (χ4v) is 4.30. The van der Waals surface area contributed by atoms with Gasteiger partial charge in [-0.1, -0.05) is 71.9 Å². The Bertz CT molecular complexity index is 1000. The van der Waals surface area contributed by atoms with Crippen LogP contribution in [0.5, 0.6) is 5.75 Å². The lowest BCUT2D eigenvalue weighted by Gasteiger charge is -2.36. The van der Waals surface area contributed by atoms with Crippen LogP contribution in [0.15, 0.2) is 48.5 Å². The van der Waals surface area contributed by atoms with Crippen molar-refractivity contribution in [2.45, 2.75) is 66.1 Å². The first-order valence-corrected chi connectivity index (χ1v) is 11.9. The topological polar surface area (TPSA) is 70.7 Å². The van der Waals surface area contributed by atoms with Gasteiger partial charge in [-0.2, -0.15) is 5.48 Å². The van der Waals surface area contributed by atoms with Crippen LogP contribution in [0.4, 0.5) is 4.39 Å². The van der Waals surface area contributed by atoms with Gasteiger partial charge in [0, 0.05) is 18.2 Å². The zero-order valence-corrected chi connectivity index (χ0v) is 20.9. The van der Waals surface area contributed by atoms with Gasteiger partial charge in [-0.15, -0.1) is 0 Å². The molecular formula is C27H36FN3O3. The van der Waals surface area contributed by atoms with E-state index >= 15 is 0 Å². The highest BCUT2D eigenvalue weighted by atomic mass is 19.1. The molecule has 3 atom stereocenters. The number of hydrogen-bond acceptors (Lipinski definition) is 4. The van der Waals surface area contributed by atoms with Crippen molar-refractivity contribution >= 4 is 11.8 Å². The monoisotopic (exact) mass is 469 g/mol. The van der Waals surface area contributed by atoms with Crippen LogP contribution in [0.2, 0.25) is 0 Å². The minimum Gasteiger partial charge on any atom is -0.379 e. The maximum Gasteiger partial charge on any atom is 0.275 e. The standard InChI is InChI=1S/C27H36FN3O3/c1-17(2)29-24(27(4,5)6)26(33)31-16-18(3)15-23(31)25(32)30-34-20-13-11-19(12-14-20)21-9-7-8-10-22(21)28/h7-14,17-18,23-24,29H,15-16H2,1-6H3,(H,30,32)/t18-,23+,24-/m1/s1. The van der Waals surface area contributed by atoms with E-state index in [0.29, 0.717) is 29.8 Å². The normalized spacial score (nSPS) is 19.2. The van der Waals surface area contributed by atoms with E-state index < -0.39 is 12.1 Å². The first kappa shape index (κ1) is 25.7. The Morgan fingerprint density at radius 3 is 2.32 bits per heavy atom. The highest BCUT2D eigenvalue weighted by Crippen LogP contribution is 2.29. The van der Waals surface area contributed by atoms with Crippen LogP contribution in [0.25, 0.3) is 11.1 Å². The Morgan fingerprint density at radius 1 is 1.09 bits per heavy atom. The summed E-state index contributed by atoms with van der Waals surface area (Å²) in [5.41, 5.74) is 3.42. The van der Waals surface area contributed by atoms with E-state index in [0.717, 1.165) is 0 Å². The van der Waals surface area contributed by atoms with E-state index in [-0.39, 0.29) is 35.0 Å². The molecule has 2 N–H and O–H groups in total. The summed E-state index contributed by atoms with van der Waals surface area (Å²) in [5.74, 6) is -0.0936. The lowest BCUT2D eigenvalue weighted by Crippen LogP contribution is -2.58. The molecule has 3 rings (SSSR count). The van der Waals surface area contributed by atoms with Crippen molar-refractivity contribution in [2.75, 3.05) is 6.54 Å². The van der Waals surface area contributed by atoms with E-state index in [1.165, 1.54) is 6.07 Å². The molecule has 6 nitrogen and oxygen atoms in total. The predicted molar refractivity (Wildman–Crippen MR) is 131 cm³/mol. The first-order valence-electron chi connectivity index (χ1n) is 11.9. The van der Waals surface area contributed by atoms with Crippen molar-refractivity contribution in [1.29, 1.82) is 0 Å². The SMILES string of the molecule is CC(C)N[C@H](C(=O)N1C[C@H](C)C[C@H]1C(=O)NOc1ccc(-c2ccccc2F)cc1)C(C)(C)C. The Kier molecular flexibility index (Phi) is 7.97. The second-order valence-electron chi connectivity index (χ2n) is 10.5. The van der Waals surface area contributed by atoms with Gasteiger partial charge in [-0.25, -0.2) is 4.39 Å². The molecule has 7 heteroatoms. The first-order chi connectivity index (χ1) is 16.0. The number of nitrogens with zero attached hydrogens (tertiary/aromatic N) is 1. The van der Waals surface area contributed by atoms with Gasteiger partial charge in [-0.05, 0) is 41.5 Å². The summed E-state index contributed by atoms with van der Waals surface area (Å²) in [4.78, 5) is 33.7. The van der Waals surface area contributed by atoms with Gasteiger partial charge in [0.2, 0.25) is 5.91 Å². The number of likely N-dealkylation sites (tertiary alicyclic amines) is 1. The average Bonchev–Trinajstić information content (AvgIpc) is 3.17. The Hall–Kier alpha value is -2.93. The molecule has 1 heterocycles. The summed E-state index contributed by atoms with van der Waals surface area (Å²) in [5, 5.41) is 3.37. The van der Waals surface area contributed by atoms with E-state index in [2.05, 4.69) is 10.8 Å². The van der Waals surface area contributed by atoms with Crippen molar-refractivity contribution < 1.29 is 18.8 Å². The number of carbonyl (C=O) groups is 2. The van der Waals surface area contributed by atoms with E-state index in [1.807, 2.05) is 41.5 Å². The summed E-state index contributed by atoms with van der Waals surface area (Å²) in [7, 11) is 0. The third-order valence-corrected chi connectivity index (χ3v) is 6.02. The van der Waals surface area contributed by atoms with Gasteiger partial charge in [0.05, 0.1) is 6.04 Å². The quantitative estimate of drug-likeness (QED) is 0.584. The minimum absolute atomic E-state index is 0.0695. The summed E-state index contributed by atoms with van der Waals surface area (Å²) in [6.07, 6.45) is 0.575. The molecule has 0 spiro atoms. The summed E-state index contributed by atoms with van der Waals surface area (Å²) < 4.78 is 14.0. The van der Waals surface area contributed by atoms with E-state index in [9.17, 15) is 14.0 Å². The molecule has 0 bridgehead atoms. The number of hydrogen-bond donors (Lipinski definition) is 2. The molecule has 184 valence electrons. The molecule has 2 amide bonds.